The molecule has 3 rings (SSSR count). The highest BCUT2D eigenvalue weighted by atomic mass is 35.5. The van der Waals surface area contributed by atoms with E-state index in [0.717, 1.165) is 16.6 Å². The molecule has 0 aliphatic rings. The minimum atomic E-state index is -0.155. The Kier molecular flexibility index (Phi) is 4.97. The number of nitrogens with one attached hydrogen (secondary N) is 2. The van der Waals surface area contributed by atoms with Gasteiger partial charge in [0.1, 0.15) is 5.75 Å². The summed E-state index contributed by atoms with van der Waals surface area (Å²) < 4.78 is 5.22. The van der Waals surface area contributed by atoms with E-state index in [0.29, 0.717) is 21.6 Å². The predicted octanol–water partition coefficient (Wildman–Crippen LogP) is 4.26. The number of ether oxygens (including phenoxy) is 1. The zero-order valence-corrected chi connectivity index (χ0v) is 14.8. The molecule has 1 heterocycles. The molecular weight excluding hydrogens is 346 g/mol. The topological polar surface area (TPSA) is 67.0 Å². The van der Waals surface area contributed by atoms with Gasteiger partial charge in [-0.05, 0) is 42.8 Å². The monoisotopic (exact) mass is 361 g/mol. The largest absolute Gasteiger partial charge is 0.495 e. The van der Waals surface area contributed by atoms with Gasteiger partial charge in [-0.25, -0.2) is 4.98 Å². The number of imidazole rings is 1. The molecule has 0 unspecified atom stereocenters. The van der Waals surface area contributed by atoms with E-state index in [4.69, 9.17) is 16.3 Å². The number of H-pyrrole nitrogens is 1. The number of rotatable bonds is 5. The van der Waals surface area contributed by atoms with Crippen LogP contribution in [0.3, 0.4) is 0 Å². The van der Waals surface area contributed by atoms with Crippen LogP contribution in [0.25, 0.3) is 11.0 Å². The van der Waals surface area contributed by atoms with Crippen LogP contribution in [0, 0.1) is 6.92 Å². The second-order valence-electron chi connectivity index (χ2n) is 5.24. The highest BCUT2D eigenvalue weighted by Crippen LogP contribution is 2.28. The molecule has 0 atom stereocenters. The number of halogens is 1. The average molecular weight is 362 g/mol. The van der Waals surface area contributed by atoms with Crippen molar-refractivity contribution >= 4 is 46.0 Å². The maximum Gasteiger partial charge on any atom is 0.234 e. The summed E-state index contributed by atoms with van der Waals surface area (Å²) in [7, 11) is 1.55. The molecule has 1 aromatic heterocycles. The molecule has 5 nitrogen and oxygen atoms in total. The van der Waals surface area contributed by atoms with Gasteiger partial charge in [-0.3, -0.25) is 4.79 Å². The van der Waals surface area contributed by atoms with Crippen molar-refractivity contribution in [2.75, 3.05) is 18.2 Å². The lowest BCUT2D eigenvalue weighted by Crippen LogP contribution is -2.14. The first-order chi connectivity index (χ1) is 11.5. The molecule has 0 fully saturated rings. The van der Waals surface area contributed by atoms with Crippen molar-refractivity contribution in [1.29, 1.82) is 0 Å². The number of fused-ring (bicyclic) bond motifs is 1. The molecule has 0 saturated heterocycles. The van der Waals surface area contributed by atoms with Gasteiger partial charge in [0.25, 0.3) is 0 Å². The van der Waals surface area contributed by atoms with E-state index < -0.39 is 0 Å². The van der Waals surface area contributed by atoms with Crippen LogP contribution < -0.4 is 10.1 Å². The van der Waals surface area contributed by atoms with E-state index >= 15 is 0 Å². The Hall–Kier alpha value is -2.18. The Balaban J connectivity index is 1.65. The number of carbonyl (C=O) groups is 1. The number of aryl methyl sites for hydroxylation is 1. The van der Waals surface area contributed by atoms with Crippen LogP contribution in [-0.2, 0) is 4.79 Å². The maximum atomic E-state index is 12.2. The van der Waals surface area contributed by atoms with Crippen molar-refractivity contribution in [2.45, 2.75) is 12.1 Å². The second kappa shape index (κ2) is 7.15. The number of hydrogen-bond acceptors (Lipinski definition) is 4. The summed E-state index contributed by atoms with van der Waals surface area (Å²) in [5.74, 6) is 0.642. The lowest BCUT2D eigenvalue weighted by atomic mass is 10.2. The molecule has 124 valence electrons. The number of benzene rings is 2. The van der Waals surface area contributed by atoms with E-state index in [1.54, 1.807) is 25.3 Å². The molecule has 0 spiro atoms. The number of aromatic amines is 1. The summed E-state index contributed by atoms with van der Waals surface area (Å²) in [5.41, 5.74) is 3.57. The number of hydrogen-bond donors (Lipinski definition) is 2. The van der Waals surface area contributed by atoms with Gasteiger partial charge >= 0.3 is 0 Å². The summed E-state index contributed by atoms with van der Waals surface area (Å²) in [6.07, 6.45) is 0. The van der Waals surface area contributed by atoms with Crippen molar-refractivity contribution in [3.63, 3.8) is 0 Å². The summed E-state index contributed by atoms with van der Waals surface area (Å²) in [5, 5.41) is 4.05. The molecule has 2 N–H and O–H groups in total. The molecule has 0 aliphatic carbocycles. The molecule has 24 heavy (non-hydrogen) atoms. The van der Waals surface area contributed by atoms with Gasteiger partial charge in [-0.1, -0.05) is 29.4 Å². The highest BCUT2D eigenvalue weighted by Gasteiger charge is 2.10. The number of anilines is 1. The number of methoxy groups -OCH3 is 1. The smallest absolute Gasteiger partial charge is 0.234 e. The number of nitrogens with zero attached hydrogens (tertiary/aromatic N) is 1. The Bertz CT molecular complexity index is 895. The zero-order chi connectivity index (χ0) is 17.1. The van der Waals surface area contributed by atoms with Gasteiger partial charge in [0.05, 0.1) is 29.6 Å². The van der Waals surface area contributed by atoms with Gasteiger partial charge in [-0.15, -0.1) is 0 Å². The molecular formula is C17H16ClN3O2S. The third-order valence-electron chi connectivity index (χ3n) is 3.39. The van der Waals surface area contributed by atoms with Crippen molar-refractivity contribution < 1.29 is 9.53 Å². The fourth-order valence-electron chi connectivity index (χ4n) is 2.27. The molecule has 2 aromatic carbocycles. The fraction of sp³-hybridized carbons (Fsp3) is 0.176. The van der Waals surface area contributed by atoms with Gasteiger partial charge < -0.3 is 15.0 Å². The molecule has 1 amide bonds. The van der Waals surface area contributed by atoms with Crippen molar-refractivity contribution in [2.24, 2.45) is 0 Å². The van der Waals surface area contributed by atoms with Gasteiger partial charge in [0.15, 0.2) is 5.16 Å². The van der Waals surface area contributed by atoms with Crippen LogP contribution in [0.4, 0.5) is 5.69 Å². The SMILES string of the molecule is COc1ccc(Cl)cc1NC(=O)CSc1nc2ccc(C)cc2[nH]1. The van der Waals surface area contributed by atoms with E-state index in [2.05, 4.69) is 15.3 Å². The van der Waals surface area contributed by atoms with E-state index in [9.17, 15) is 4.79 Å². The summed E-state index contributed by atoms with van der Waals surface area (Å²) >= 11 is 7.31. The van der Waals surface area contributed by atoms with E-state index in [1.807, 2.05) is 25.1 Å². The Morgan fingerprint density at radius 1 is 1.33 bits per heavy atom. The highest BCUT2D eigenvalue weighted by molar-refractivity contribution is 7.99. The molecule has 0 saturated carbocycles. The third kappa shape index (κ3) is 3.83. The van der Waals surface area contributed by atoms with Crippen LogP contribution in [0.1, 0.15) is 5.56 Å². The van der Waals surface area contributed by atoms with Gasteiger partial charge in [0.2, 0.25) is 5.91 Å². The fourth-order valence-corrected chi connectivity index (χ4v) is 3.12. The second-order valence-corrected chi connectivity index (χ2v) is 6.64. The maximum absolute atomic E-state index is 12.2. The van der Waals surface area contributed by atoms with E-state index in [-0.39, 0.29) is 11.7 Å². The summed E-state index contributed by atoms with van der Waals surface area (Å²) in [4.78, 5) is 19.8. The predicted molar refractivity (Wildman–Crippen MR) is 98.2 cm³/mol. The van der Waals surface area contributed by atoms with E-state index in [1.165, 1.54) is 11.8 Å². The van der Waals surface area contributed by atoms with Crippen LogP contribution >= 0.6 is 23.4 Å². The first-order valence-electron chi connectivity index (χ1n) is 7.28. The summed E-state index contributed by atoms with van der Waals surface area (Å²) in [6, 6.07) is 11.1. The third-order valence-corrected chi connectivity index (χ3v) is 4.50. The molecule has 0 aliphatic heterocycles. The number of aromatic nitrogens is 2. The minimum Gasteiger partial charge on any atom is -0.495 e. The van der Waals surface area contributed by atoms with Crippen molar-refractivity contribution in [3.8, 4) is 5.75 Å². The number of thioether (sulfide) groups is 1. The first-order valence-corrected chi connectivity index (χ1v) is 8.64. The Labute approximate surface area is 148 Å². The lowest BCUT2D eigenvalue weighted by molar-refractivity contribution is -0.113. The van der Waals surface area contributed by atoms with Gasteiger partial charge in [-0.2, -0.15) is 0 Å². The quantitative estimate of drug-likeness (QED) is 0.666. The van der Waals surface area contributed by atoms with Crippen LogP contribution in [-0.4, -0.2) is 28.7 Å². The zero-order valence-electron chi connectivity index (χ0n) is 13.2. The Morgan fingerprint density at radius 2 is 2.17 bits per heavy atom. The average Bonchev–Trinajstić information content (AvgIpc) is 2.95. The molecule has 0 radical (unpaired) electrons. The van der Waals surface area contributed by atoms with Crippen molar-refractivity contribution in [1.82, 2.24) is 9.97 Å². The molecule has 7 heteroatoms. The van der Waals surface area contributed by atoms with Gasteiger partial charge in [0, 0.05) is 5.02 Å². The minimum absolute atomic E-state index is 0.155. The standard InChI is InChI=1S/C17H16ClN3O2S/c1-10-3-5-12-13(7-10)21-17(20-12)24-9-16(22)19-14-8-11(18)4-6-15(14)23-2/h3-8H,9H2,1-2H3,(H,19,22)(H,20,21). The normalized spacial score (nSPS) is 10.8. The molecule has 3 aromatic rings. The van der Waals surface area contributed by atoms with Crippen molar-refractivity contribution in [3.05, 3.63) is 47.0 Å². The molecule has 0 bridgehead atoms. The summed E-state index contributed by atoms with van der Waals surface area (Å²) in [6.45, 7) is 2.03. The van der Waals surface area contributed by atoms with Crippen LogP contribution in [0.5, 0.6) is 5.75 Å². The number of amides is 1. The lowest BCUT2D eigenvalue weighted by Gasteiger charge is -2.10. The number of carbonyl (C=O) groups excluding carboxylic acids is 1. The van der Waals surface area contributed by atoms with Crippen LogP contribution in [0.15, 0.2) is 41.6 Å². The first kappa shape index (κ1) is 16.7. The Morgan fingerprint density at radius 3 is 2.96 bits per heavy atom. The van der Waals surface area contributed by atoms with Crippen LogP contribution in [0.2, 0.25) is 5.02 Å².